The first kappa shape index (κ1) is 12.6. The van der Waals surface area contributed by atoms with Gasteiger partial charge in [0.2, 0.25) is 0 Å². The molecule has 90 valence electrons. The lowest BCUT2D eigenvalue weighted by atomic mass is 10.2. The molecule has 0 amide bonds. The number of hydrogen-bond acceptors (Lipinski definition) is 3. The van der Waals surface area contributed by atoms with Crippen molar-refractivity contribution in [1.29, 1.82) is 0 Å². The second-order valence-electron chi connectivity index (χ2n) is 3.63. The number of rotatable bonds is 3. The predicted octanol–water partition coefficient (Wildman–Crippen LogP) is 3.32. The van der Waals surface area contributed by atoms with Gasteiger partial charge in [-0.2, -0.15) is 0 Å². The summed E-state index contributed by atoms with van der Waals surface area (Å²) in [6.07, 6.45) is 0. The van der Waals surface area contributed by atoms with Crippen LogP contribution in [0.2, 0.25) is 0 Å². The maximum absolute atomic E-state index is 13.0. The van der Waals surface area contributed by atoms with Gasteiger partial charge in [0.05, 0.1) is 4.47 Å². The molecule has 0 radical (unpaired) electrons. The minimum Gasteiger partial charge on any atom is -0.309 e. The summed E-state index contributed by atoms with van der Waals surface area (Å²) in [4.78, 5) is 0. The standard InChI is InChI=1S/C11H11BrFN3S/c1-7-14-15-11(16(7)2)17-6-8-3-4-10(13)9(12)5-8/h3-5H,6H2,1-2H3. The van der Waals surface area contributed by atoms with Crippen LogP contribution in [0, 0.1) is 12.7 Å². The van der Waals surface area contributed by atoms with Crippen molar-refractivity contribution in [3.05, 3.63) is 39.9 Å². The molecule has 0 saturated carbocycles. The molecule has 0 bridgehead atoms. The minimum absolute atomic E-state index is 0.242. The highest BCUT2D eigenvalue weighted by molar-refractivity contribution is 9.10. The maximum Gasteiger partial charge on any atom is 0.191 e. The molecule has 2 aromatic rings. The van der Waals surface area contributed by atoms with Crippen LogP contribution in [-0.2, 0) is 12.8 Å². The van der Waals surface area contributed by atoms with E-state index in [-0.39, 0.29) is 5.82 Å². The van der Waals surface area contributed by atoms with Gasteiger partial charge >= 0.3 is 0 Å². The van der Waals surface area contributed by atoms with Crippen LogP contribution < -0.4 is 0 Å². The Morgan fingerprint density at radius 2 is 2.18 bits per heavy atom. The predicted molar refractivity (Wildman–Crippen MR) is 69.4 cm³/mol. The van der Waals surface area contributed by atoms with E-state index in [1.54, 1.807) is 23.9 Å². The SMILES string of the molecule is Cc1nnc(SCc2ccc(F)c(Br)c2)n1C. The van der Waals surface area contributed by atoms with Gasteiger partial charge in [-0.3, -0.25) is 0 Å². The van der Waals surface area contributed by atoms with Gasteiger partial charge in [-0.15, -0.1) is 10.2 Å². The Bertz CT molecular complexity index is 542. The number of aryl methyl sites for hydroxylation is 1. The van der Waals surface area contributed by atoms with E-state index in [0.717, 1.165) is 22.3 Å². The van der Waals surface area contributed by atoms with Crippen molar-refractivity contribution in [2.45, 2.75) is 17.8 Å². The van der Waals surface area contributed by atoms with Crippen molar-refractivity contribution >= 4 is 27.7 Å². The molecule has 1 aromatic carbocycles. The highest BCUT2D eigenvalue weighted by Gasteiger charge is 2.06. The molecule has 0 atom stereocenters. The second kappa shape index (κ2) is 5.18. The van der Waals surface area contributed by atoms with Gasteiger partial charge in [-0.05, 0) is 40.5 Å². The van der Waals surface area contributed by atoms with E-state index in [9.17, 15) is 4.39 Å². The average Bonchev–Trinajstić information content (AvgIpc) is 2.62. The second-order valence-corrected chi connectivity index (χ2v) is 5.42. The van der Waals surface area contributed by atoms with Crippen molar-refractivity contribution in [1.82, 2.24) is 14.8 Å². The Hall–Kier alpha value is -0.880. The molecule has 0 unspecified atom stereocenters. The summed E-state index contributed by atoms with van der Waals surface area (Å²) in [7, 11) is 1.93. The molecule has 3 nitrogen and oxygen atoms in total. The third-order valence-electron chi connectivity index (χ3n) is 2.40. The molecule has 6 heteroatoms. The topological polar surface area (TPSA) is 30.7 Å². The fourth-order valence-electron chi connectivity index (χ4n) is 1.29. The third kappa shape index (κ3) is 2.87. The highest BCUT2D eigenvalue weighted by atomic mass is 79.9. The first-order chi connectivity index (χ1) is 8.08. The molecule has 0 N–H and O–H groups in total. The lowest BCUT2D eigenvalue weighted by Crippen LogP contribution is -1.94. The molecule has 0 aliphatic carbocycles. The van der Waals surface area contributed by atoms with Gasteiger partial charge in [0.15, 0.2) is 5.16 Å². The Kier molecular flexibility index (Phi) is 3.83. The van der Waals surface area contributed by atoms with Crippen molar-refractivity contribution in [2.24, 2.45) is 7.05 Å². The molecule has 0 spiro atoms. The zero-order valence-corrected chi connectivity index (χ0v) is 11.8. The van der Waals surface area contributed by atoms with Gasteiger partial charge in [-0.1, -0.05) is 17.8 Å². The van der Waals surface area contributed by atoms with E-state index < -0.39 is 0 Å². The van der Waals surface area contributed by atoms with E-state index >= 15 is 0 Å². The quantitative estimate of drug-likeness (QED) is 0.814. The fourth-order valence-corrected chi connectivity index (χ4v) is 2.62. The molecule has 0 fully saturated rings. The van der Waals surface area contributed by atoms with Gasteiger partial charge < -0.3 is 4.57 Å². The minimum atomic E-state index is -0.242. The van der Waals surface area contributed by atoms with E-state index in [1.165, 1.54) is 6.07 Å². The van der Waals surface area contributed by atoms with E-state index in [4.69, 9.17) is 0 Å². The van der Waals surface area contributed by atoms with Crippen molar-refractivity contribution in [3.63, 3.8) is 0 Å². The van der Waals surface area contributed by atoms with Crippen LogP contribution in [0.5, 0.6) is 0 Å². The molecule has 0 saturated heterocycles. The molecule has 2 rings (SSSR count). The van der Waals surface area contributed by atoms with Gasteiger partial charge in [0.25, 0.3) is 0 Å². The average molecular weight is 316 g/mol. The summed E-state index contributed by atoms with van der Waals surface area (Å²) in [5.41, 5.74) is 1.05. The van der Waals surface area contributed by atoms with Crippen molar-refractivity contribution in [3.8, 4) is 0 Å². The van der Waals surface area contributed by atoms with Crippen LogP contribution in [-0.4, -0.2) is 14.8 Å². The van der Waals surface area contributed by atoms with E-state index in [1.807, 2.05) is 18.5 Å². The van der Waals surface area contributed by atoms with Crippen LogP contribution in [0.4, 0.5) is 4.39 Å². The summed E-state index contributed by atoms with van der Waals surface area (Å²) < 4.78 is 15.5. The third-order valence-corrected chi connectivity index (χ3v) is 4.10. The highest BCUT2D eigenvalue weighted by Crippen LogP contribution is 2.24. The normalized spacial score (nSPS) is 10.8. The number of hydrogen-bond donors (Lipinski definition) is 0. The monoisotopic (exact) mass is 315 g/mol. The van der Waals surface area contributed by atoms with Crippen LogP contribution in [0.3, 0.4) is 0 Å². The molecule has 0 aliphatic rings. The summed E-state index contributed by atoms with van der Waals surface area (Å²) in [6, 6.07) is 5.02. The van der Waals surface area contributed by atoms with Crippen molar-refractivity contribution in [2.75, 3.05) is 0 Å². The van der Waals surface area contributed by atoms with Gasteiger partial charge in [-0.25, -0.2) is 4.39 Å². The molecule has 17 heavy (non-hydrogen) atoms. The Morgan fingerprint density at radius 1 is 1.41 bits per heavy atom. The lowest BCUT2D eigenvalue weighted by molar-refractivity contribution is 0.620. The smallest absolute Gasteiger partial charge is 0.191 e. The van der Waals surface area contributed by atoms with Crippen LogP contribution in [0.25, 0.3) is 0 Å². The summed E-state index contributed by atoms with van der Waals surface area (Å²) in [5, 5.41) is 8.91. The van der Waals surface area contributed by atoms with E-state index in [0.29, 0.717) is 4.47 Å². The first-order valence-electron chi connectivity index (χ1n) is 5.00. The van der Waals surface area contributed by atoms with Gasteiger partial charge in [0, 0.05) is 12.8 Å². The Labute approximate surface area is 112 Å². The lowest BCUT2D eigenvalue weighted by Gasteiger charge is -2.03. The number of halogens is 2. The Morgan fingerprint density at radius 3 is 2.76 bits per heavy atom. The zero-order valence-electron chi connectivity index (χ0n) is 9.44. The number of benzene rings is 1. The molecule has 1 aromatic heterocycles. The molecular weight excluding hydrogens is 305 g/mol. The Balaban J connectivity index is 2.07. The maximum atomic E-state index is 13.0. The van der Waals surface area contributed by atoms with Crippen LogP contribution in [0.1, 0.15) is 11.4 Å². The van der Waals surface area contributed by atoms with Gasteiger partial charge in [0.1, 0.15) is 11.6 Å². The summed E-state index contributed by atoms with van der Waals surface area (Å²) in [6.45, 7) is 1.91. The molecule has 0 aliphatic heterocycles. The summed E-state index contributed by atoms with van der Waals surface area (Å²) >= 11 is 4.76. The number of aromatic nitrogens is 3. The molecular formula is C11H11BrFN3S. The van der Waals surface area contributed by atoms with E-state index in [2.05, 4.69) is 26.1 Å². The molecule has 1 heterocycles. The summed E-state index contributed by atoms with van der Waals surface area (Å²) in [5.74, 6) is 1.38. The largest absolute Gasteiger partial charge is 0.309 e. The van der Waals surface area contributed by atoms with Crippen LogP contribution in [0.15, 0.2) is 27.8 Å². The van der Waals surface area contributed by atoms with Crippen molar-refractivity contribution < 1.29 is 4.39 Å². The zero-order chi connectivity index (χ0) is 12.4. The number of thioether (sulfide) groups is 1. The first-order valence-corrected chi connectivity index (χ1v) is 6.78. The number of nitrogens with zero attached hydrogens (tertiary/aromatic N) is 3. The fraction of sp³-hybridized carbons (Fsp3) is 0.273. The van der Waals surface area contributed by atoms with Crippen LogP contribution >= 0.6 is 27.7 Å².